The van der Waals surface area contributed by atoms with Gasteiger partial charge in [-0.2, -0.15) is 0 Å². The molecule has 5 N–H and O–H groups in total. The van der Waals surface area contributed by atoms with E-state index in [1.165, 1.54) is 13.2 Å². The minimum Gasteiger partial charge on any atom is -0.507 e. The van der Waals surface area contributed by atoms with Crippen LogP contribution in [0.1, 0.15) is 39.1 Å². The molecule has 2 fully saturated rings. The van der Waals surface area contributed by atoms with Crippen molar-refractivity contribution >= 4 is 40.6 Å². The molecule has 2 saturated carbocycles. The summed E-state index contributed by atoms with van der Waals surface area (Å²) in [7, 11) is 1.53. The van der Waals surface area contributed by atoms with Gasteiger partial charge in [-0.05, 0) is 77.9 Å². The Morgan fingerprint density at radius 2 is 1.61 bits per heavy atom. The van der Waals surface area contributed by atoms with Gasteiger partial charge in [-0.1, -0.05) is 18.2 Å². The van der Waals surface area contributed by atoms with Crippen molar-refractivity contribution in [1.82, 2.24) is 0 Å². The molecule has 0 aromatic heterocycles. The van der Waals surface area contributed by atoms with Crippen LogP contribution in [0.5, 0.6) is 11.5 Å². The number of primary amides is 1. The molecular weight excluding hydrogens is 568 g/mol. The normalized spacial score (nSPS) is 25.9. The fraction of sp³-hybridized carbons (Fsp3) is 0.273. The molecule has 11 nitrogen and oxygen atoms in total. The number of rotatable bonds is 5. The molecule has 3 aliphatic carbocycles. The van der Waals surface area contributed by atoms with Gasteiger partial charge in [0, 0.05) is 23.6 Å². The molecule has 6 rings (SSSR count). The third-order valence-corrected chi connectivity index (χ3v) is 9.09. The van der Waals surface area contributed by atoms with Crippen LogP contribution in [0.3, 0.4) is 0 Å². The standard InChI is InChI=1S/C33H28N2O9/c1-44-20-8-4-16(5-9-20)32(42)35-19-6-2-15(3-7-19)21-10-11-23(36)26-22(21)13-17-12-18-14-24(37)27(31(34)41)30(40)33(18,43)29(39)25(17)28(26)38/h2-11,17-18,25,27,36,43H,12-14H2,1H3,(H2,34,41)(H,35,42)/t17-,18+,25?,27?,33+/m1/s1. The summed E-state index contributed by atoms with van der Waals surface area (Å²) < 4.78 is 5.12. The van der Waals surface area contributed by atoms with Crippen LogP contribution in [0.4, 0.5) is 5.69 Å². The molecule has 0 heterocycles. The molecule has 0 bridgehead atoms. The van der Waals surface area contributed by atoms with Crippen molar-refractivity contribution in [2.75, 3.05) is 12.4 Å². The average Bonchev–Trinajstić information content (AvgIpc) is 2.99. The number of phenols is 1. The number of amides is 2. The highest BCUT2D eigenvalue weighted by molar-refractivity contribution is 6.31. The summed E-state index contributed by atoms with van der Waals surface area (Å²) in [6.45, 7) is 0. The van der Waals surface area contributed by atoms with E-state index in [-0.39, 0.29) is 30.1 Å². The number of methoxy groups -OCH3 is 1. The van der Waals surface area contributed by atoms with Crippen molar-refractivity contribution in [3.8, 4) is 22.6 Å². The Labute approximate surface area is 251 Å². The van der Waals surface area contributed by atoms with Gasteiger partial charge in [-0.15, -0.1) is 0 Å². The number of carbonyl (C=O) groups excluding carboxylic acids is 6. The van der Waals surface area contributed by atoms with Crippen molar-refractivity contribution in [2.45, 2.75) is 24.9 Å². The van der Waals surface area contributed by atoms with Gasteiger partial charge in [-0.3, -0.25) is 28.8 Å². The predicted octanol–water partition coefficient (Wildman–Crippen LogP) is 2.25. The lowest BCUT2D eigenvalue weighted by molar-refractivity contribution is -0.175. The van der Waals surface area contributed by atoms with Gasteiger partial charge < -0.3 is 26.0 Å². The number of carbonyl (C=O) groups is 6. The van der Waals surface area contributed by atoms with Crippen LogP contribution < -0.4 is 15.8 Å². The van der Waals surface area contributed by atoms with E-state index >= 15 is 0 Å². The van der Waals surface area contributed by atoms with E-state index in [2.05, 4.69) is 5.32 Å². The molecule has 3 aliphatic rings. The number of ketones is 4. The van der Waals surface area contributed by atoms with Crippen LogP contribution in [0, 0.1) is 23.7 Å². The van der Waals surface area contributed by atoms with Gasteiger partial charge in [0.15, 0.2) is 34.7 Å². The maximum Gasteiger partial charge on any atom is 0.255 e. The monoisotopic (exact) mass is 596 g/mol. The van der Waals surface area contributed by atoms with Crippen LogP contribution in [-0.2, 0) is 25.6 Å². The average molecular weight is 597 g/mol. The van der Waals surface area contributed by atoms with E-state index in [4.69, 9.17) is 10.5 Å². The Balaban J connectivity index is 1.30. The van der Waals surface area contributed by atoms with Gasteiger partial charge in [0.2, 0.25) is 5.91 Å². The third-order valence-electron chi connectivity index (χ3n) is 9.09. The Bertz CT molecular complexity index is 1760. The summed E-state index contributed by atoms with van der Waals surface area (Å²) in [4.78, 5) is 77.6. The van der Waals surface area contributed by atoms with E-state index in [0.29, 0.717) is 33.7 Å². The first-order valence-electron chi connectivity index (χ1n) is 14.0. The highest BCUT2D eigenvalue weighted by Gasteiger charge is 2.66. The van der Waals surface area contributed by atoms with Crippen molar-refractivity contribution in [2.24, 2.45) is 29.4 Å². The summed E-state index contributed by atoms with van der Waals surface area (Å²) in [5, 5.41) is 24.9. The zero-order valence-corrected chi connectivity index (χ0v) is 23.5. The molecule has 0 saturated heterocycles. The van der Waals surface area contributed by atoms with Gasteiger partial charge in [0.25, 0.3) is 5.91 Å². The fourth-order valence-electron chi connectivity index (χ4n) is 6.92. The largest absolute Gasteiger partial charge is 0.507 e. The number of benzene rings is 3. The molecule has 0 spiro atoms. The number of fused-ring (bicyclic) bond motifs is 3. The first kappa shape index (κ1) is 28.9. The number of nitrogens with two attached hydrogens (primary N) is 1. The molecule has 3 aromatic rings. The second-order valence-corrected chi connectivity index (χ2v) is 11.5. The zero-order chi connectivity index (χ0) is 31.5. The second-order valence-electron chi connectivity index (χ2n) is 11.5. The van der Waals surface area contributed by atoms with Crippen LogP contribution in [0.2, 0.25) is 0 Å². The molecule has 5 atom stereocenters. The molecule has 2 unspecified atom stereocenters. The maximum atomic E-state index is 13.8. The number of nitrogens with one attached hydrogen (secondary N) is 1. The molecule has 44 heavy (non-hydrogen) atoms. The van der Waals surface area contributed by atoms with E-state index < -0.39 is 64.7 Å². The molecular formula is C33H28N2O9. The molecule has 0 radical (unpaired) electrons. The number of ether oxygens (including phenoxy) is 1. The fourth-order valence-corrected chi connectivity index (χ4v) is 6.92. The van der Waals surface area contributed by atoms with Crippen molar-refractivity contribution < 1.29 is 43.7 Å². The zero-order valence-electron chi connectivity index (χ0n) is 23.5. The van der Waals surface area contributed by atoms with E-state index in [0.717, 1.165) is 0 Å². The molecule has 2 amide bonds. The number of aliphatic hydroxyl groups is 1. The third kappa shape index (κ3) is 4.39. The summed E-state index contributed by atoms with van der Waals surface area (Å²) in [6.07, 6.45) is -0.236. The Morgan fingerprint density at radius 3 is 2.25 bits per heavy atom. The maximum absolute atomic E-state index is 13.8. The van der Waals surface area contributed by atoms with Crippen LogP contribution in [0.25, 0.3) is 11.1 Å². The molecule has 3 aromatic carbocycles. The SMILES string of the molecule is COc1ccc(C(=O)Nc2ccc(-c3ccc(O)c4c3C[C@H]3C[C@H]5CC(=O)C(C(N)=O)C(=O)[C@@]5(O)C(=O)C3C4=O)cc2)cc1. The summed E-state index contributed by atoms with van der Waals surface area (Å²) in [5.41, 5.74) is 5.22. The quantitative estimate of drug-likeness (QED) is 0.320. The summed E-state index contributed by atoms with van der Waals surface area (Å²) >= 11 is 0. The highest BCUT2D eigenvalue weighted by atomic mass is 16.5. The topological polar surface area (TPSA) is 190 Å². The second kappa shape index (κ2) is 10.5. The highest BCUT2D eigenvalue weighted by Crippen LogP contribution is 2.51. The lowest BCUT2D eigenvalue weighted by atomic mass is 9.53. The van der Waals surface area contributed by atoms with Crippen LogP contribution in [-0.4, -0.2) is 57.9 Å². The van der Waals surface area contributed by atoms with Gasteiger partial charge >= 0.3 is 0 Å². The number of hydrogen-bond donors (Lipinski definition) is 4. The van der Waals surface area contributed by atoms with E-state index in [1.807, 2.05) is 0 Å². The first-order chi connectivity index (χ1) is 20.9. The van der Waals surface area contributed by atoms with E-state index in [9.17, 15) is 39.0 Å². The van der Waals surface area contributed by atoms with Crippen molar-refractivity contribution in [1.29, 1.82) is 0 Å². The molecule has 224 valence electrons. The Kier molecular flexibility index (Phi) is 6.92. The number of phenolic OH excluding ortho intramolecular Hbond substituents is 1. The van der Waals surface area contributed by atoms with Gasteiger partial charge in [0.1, 0.15) is 11.5 Å². The Morgan fingerprint density at radius 1 is 0.932 bits per heavy atom. The van der Waals surface area contributed by atoms with Crippen LogP contribution >= 0.6 is 0 Å². The van der Waals surface area contributed by atoms with Crippen molar-refractivity contribution in [3.05, 3.63) is 77.4 Å². The number of Topliss-reactive ketones (excluding diaryl/α,β-unsaturated/α-hetero) is 4. The smallest absolute Gasteiger partial charge is 0.255 e. The minimum atomic E-state index is -2.69. The minimum absolute atomic E-state index is 0.00642. The summed E-state index contributed by atoms with van der Waals surface area (Å²) in [6, 6.07) is 16.5. The first-order valence-corrected chi connectivity index (χ1v) is 14.0. The number of anilines is 1. The Hall–Kier alpha value is -5.16. The van der Waals surface area contributed by atoms with Crippen LogP contribution in [0.15, 0.2) is 60.7 Å². The van der Waals surface area contributed by atoms with Gasteiger partial charge in [-0.25, -0.2) is 0 Å². The van der Waals surface area contributed by atoms with E-state index in [1.54, 1.807) is 54.6 Å². The predicted molar refractivity (Wildman–Crippen MR) is 155 cm³/mol. The lowest BCUT2D eigenvalue weighted by Gasteiger charge is -2.48. The summed E-state index contributed by atoms with van der Waals surface area (Å²) in [5.74, 6) is -10.3. The molecule has 0 aliphatic heterocycles. The number of aromatic hydroxyl groups is 1. The molecule has 11 heteroatoms. The van der Waals surface area contributed by atoms with Gasteiger partial charge in [0.05, 0.1) is 18.6 Å². The lowest BCUT2D eigenvalue weighted by Crippen LogP contribution is -2.68. The number of hydrogen-bond acceptors (Lipinski definition) is 9. The van der Waals surface area contributed by atoms with Crippen molar-refractivity contribution in [3.63, 3.8) is 0 Å².